The van der Waals surface area contributed by atoms with Crippen molar-refractivity contribution < 1.29 is 14.3 Å². The lowest BCUT2D eigenvalue weighted by Gasteiger charge is -2.07. The molecule has 0 aliphatic carbocycles. The van der Waals surface area contributed by atoms with E-state index in [1.807, 2.05) is 0 Å². The molecule has 0 saturated carbocycles. The lowest BCUT2D eigenvalue weighted by atomic mass is 10.3. The molecule has 0 unspecified atom stereocenters. The molecule has 1 amide bonds. The molecule has 0 fully saturated rings. The number of anilines is 1. The first-order valence-corrected chi connectivity index (χ1v) is 6.12. The second-order valence-corrected chi connectivity index (χ2v) is 3.90. The van der Waals surface area contributed by atoms with E-state index in [1.54, 1.807) is 38.5 Å². The first kappa shape index (κ1) is 19.4. The fraction of sp³-hybridized carbons (Fsp3) is 0.385. The Morgan fingerprint density at radius 2 is 1.95 bits per heavy atom. The molecule has 0 aliphatic heterocycles. The van der Waals surface area contributed by atoms with Crippen LogP contribution in [-0.4, -0.2) is 45.8 Å². The normalized spacial score (nSPS) is 10.5. The van der Waals surface area contributed by atoms with Gasteiger partial charge in [0.2, 0.25) is 5.91 Å². The lowest BCUT2D eigenvalue weighted by Crippen LogP contribution is -2.31. The largest absolute Gasteiger partial charge is 0.497 e. The van der Waals surface area contributed by atoms with Crippen LogP contribution in [0.3, 0.4) is 0 Å². The highest BCUT2D eigenvalue weighted by molar-refractivity contribution is 14.0. The van der Waals surface area contributed by atoms with E-state index in [1.165, 1.54) is 0 Å². The molecule has 0 bridgehead atoms. The number of aliphatic imine (C=N–C) groups is 1. The first-order valence-electron chi connectivity index (χ1n) is 6.12. The Labute approximate surface area is 141 Å². The van der Waals surface area contributed by atoms with E-state index in [0.29, 0.717) is 13.2 Å². The molecule has 1 aromatic carbocycles. The number of benzene rings is 1. The molecule has 0 saturated heterocycles. The fourth-order valence-corrected chi connectivity index (χ4v) is 1.37. The quantitative estimate of drug-likeness (QED) is 0.269. The second-order valence-electron chi connectivity index (χ2n) is 3.90. The van der Waals surface area contributed by atoms with Gasteiger partial charge in [0.1, 0.15) is 12.3 Å². The van der Waals surface area contributed by atoms with Gasteiger partial charge >= 0.3 is 0 Å². The molecule has 0 atom stereocenters. The van der Waals surface area contributed by atoms with Gasteiger partial charge in [0.05, 0.1) is 13.7 Å². The predicted molar refractivity (Wildman–Crippen MR) is 93.4 cm³/mol. The van der Waals surface area contributed by atoms with Crippen LogP contribution in [0.4, 0.5) is 5.69 Å². The molecule has 1 rings (SSSR count). The number of carbonyl (C=O) groups is 1. The van der Waals surface area contributed by atoms with Crippen LogP contribution in [-0.2, 0) is 9.53 Å². The Hall–Kier alpha value is -1.55. The van der Waals surface area contributed by atoms with Gasteiger partial charge in [-0.1, -0.05) is 0 Å². The SMILES string of the molecule is COCCNC(=O)CN=C(N)Nc1ccc(OC)cc1.I. The smallest absolute Gasteiger partial charge is 0.241 e. The zero-order valence-corrected chi connectivity index (χ0v) is 14.4. The van der Waals surface area contributed by atoms with Crippen molar-refractivity contribution in [1.82, 2.24) is 5.32 Å². The zero-order chi connectivity index (χ0) is 14.8. The minimum atomic E-state index is -0.207. The van der Waals surface area contributed by atoms with Gasteiger partial charge in [0.25, 0.3) is 0 Å². The number of nitrogens with one attached hydrogen (secondary N) is 2. The van der Waals surface area contributed by atoms with Gasteiger partial charge < -0.3 is 25.8 Å². The number of halogens is 1. The van der Waals surface area contributed by atoms with Crippen molar-refractivity contribution in [2.45, 2.75) is 0 Å². The Bertz CT molecular complexity index is 451. The summed E-state index contributed by atoms with van der Waals surface area (Å²) in [5.41, 5.74) is 6.45. The number of nitrogens with zero attached hydrogens (tertiary/aromatic N) is 1. The van der Waals surface area contributed by atoms with Crippen LogP contribution in [0.15, 0.2) is 29.3 Å². The lowest BCUT2D eigenvalue weighted by molar-refractivity contribution is -0.119. The maximum absolute atomic E-state index is 11.4. The third-order valence-corrected chi connectivity index (χ3v) is 2.38. The molecule has 0 aliphatic rings. The van der Waals surface area contributed by atoms with Crippen LogP contribution in [0.5, 0.6) is 5.75 Å². The monoisotopic (exact) mass is 408 g/mol. The standard InChI is InChI=1S/C13H20N4O3.HI/c1-19-8-7-15-12(18)9-16-13(14)17-10-3-5-11(20-2)6-4-10;/h3-6H,7-9H2,1-2H3,(H,15,18)(H3,14,16,17);1H. The highest BCUT2D eigenvalue weighted by atomic mass is 127. The molecule has 0 heterocycles. The van der Waals surface area contributed by atoms with Crippen LogP contribution >= 0.6 is 24.0 Å². The minimum Gasteiger partial charge on any atom is -0.497 e. The van der Waals surface area contributed by atoms with Gasteiger partial charge in [-0.3, -0.25) is 4.79 Å². The summed E-state index contributed by atoms with van der Waals surface area (Å²) in [4.78, 5) is 15.3. The molecule has 118 valence electrons. The maximum Gasteiger partial charge on any atom is 0.241 e. The van der Waals surface area contributed by atoms with E-state index in [4.69, 9.17) is 15.2 Å². The number of hydrogen-bond acceptors (Lipinski definition) is 4. The van der Waals surface area contributed by atoms with Crippen molar-refractivity contribution in [2.75, 3.05) is 39.2 Å². The average molecular weight is 408 g/mol. The molecule has 0 aromatic heterocycles. The van der Waals surface area contributed by atoms with Crippen molar-refractivity contribution in [3.8, 4) is 5.75 Å². The van der Waals surface area contributed by atoms with E-state index in [-0.39, 0.29) is 42.4 Å². The van der Waals surface area contributed by atoms with Crippen molar-refractivity contribution >= 4 is 41.5 Å². The molecule has 7 nitrogen and oxygen atoms in total. The van der Waals surface area contributed by atoms with Crippen molar-refractivity contribution in [2.24, 2.45) is 10.7 Å². The average Bonchev–Trinajstić information content (AvgIpc) is 2.46. The number of amides is 1. The van der Waals surface area contributed by atoms with Crippen molar-refractivity contribution in [1.29, 1.82) is 0 Å². The number of rotatable bonds is 7. The number of guanidine groups is 1. The number of ether oxygens (including phenoxy) is 2. The van der Waals surface area contributed by atoms with Gasteiger partial charge in [0, 0.05) is 19.3 Å². The van der Waals surface area contributed by atoms with Gasteiger partial charge in [0.15, 0.2) is 5.96 Å². The third-order valence-electron chi connectivity index (χ3n) is 2.38. The highest BCUT2D eigenvalue weighted by Gasteiger charge is 2.00. The molecule has 0 spiro atoms. The second kappa shape index (κ2) is 11.1. The van der Waals surface area contributed by atoms with Gasteiger partial charge in [-0.15, -0.1) is 24.0 Å². The van der Waals surface area contributed by atoms with Crippen LogP contribution in [0.2, 0.25) is 0 Å². The van der Waals surface area contributed by atoms with E-state index in [0.717, 1.165) is 11.4 Å². The molecule has 8 heteroatoms. The Kier molecular flexibility index (Phi) is 10.3. The number of carbonyl (C=O) groups excluding carboxylic acids is 1. The summed E-state index contributed by atoms with van der Waals surface area (Å²) >= 11 is 0. The number of hydrogen-bond donors (Lipinski definition) is 3. The Morgan fingerprint density at radius 1 is 1.29 bits per heavy atom. The van der Waals surface area contributed by atoms with E-state index in [2.05, 4.69) is 15.6 Å². The maximum atomic E-state index is 11.4. The van der Waals surface area contributed by atoms with Crippen LogP contribution in [0.1, 0.15) is 0 Å². The first-order chi connectivity index (χ1) is 9.65. The third kappa shape index (κ3) is 8.35. The van der Waals surface area contributed by atoms with E-state index < -0.39 is 0 Å². The summed E-state index contributed by atoms with van der Waals surface area (Å²) in [6.07, 6.45) is 0. The summed E-state index contributed by atoms with van der Waals surface area (Å²) < 4.78 is 9.87. The summed E-state index contributed by atoms with van der Waals surface area (Å²) in [7, 11) is 3.17. The minimum absolute atomic E-state index is 0. The van der Waals surface area contributed by atoms with Crippen molar-refractivity contribution in [3.05, 3.63) is 24.3 Å². The highest BCUT2D eigenvalue weighted by Crippen LogP contribution is 2.14. The molecule has 21 heavy (non-hydrogen) atoms. The topological polar surface area (TPSA) is 98.0 Å². The van der Waals surface area contributed by atoms with Crippen LogP contribution in [0.25, 0.3) is 0 Å². The number of nitrogens with two attached hydrogens (primary N) is 1. The van der Waals surface area contributed by atoms with Gasteiger partial charge in [-0.05, 0) is 24.3 Å². The summed E-state index contributed by atoms with van der Waals surface area (Å²) in [5, 5.41) is 5.53. The molecule has 1 aromatic rings. The summed E-state index contributed by atoms with van der Waals surface area (Å²) in [6.45, 7) is 0.893. The molecule has 4 N–H and O–H groups in total. The molecular formula is C13H21IN4O3. The Balaban J connectivity index is 0.00000400. The predicted octanol–water partition coefficient (Wildman–Crippen LogP) is 0.802. The van der Waals surface area contributed by atoms with Crippen LogP contribution in [0, 0.1) is 0 Å². The molecular weight excluding hydrogens is 387 g/mol. The summed E-state index contributed by atoms with van der Waals surface area (Å²) in [5.74, 6) is 0.724. The number of methoxy groups -OCH3 is 2. The van der Waals surface area contributed by atoms with Crippen molar-refractivity contribution in [3.63, 3.8) is 0 Å². The Morgan fingerprint density at radius 3 is 2.52 bits per heavy atom. The van der Waals surface area contributed by atoms with Gasteiger partial charge in [-0.25, -0.2) is 4.99 Å². The molecule has 0 radical (unpaired) electrons. The van der Waals surface area contributed by atoms with Crippen LogP contribution < -0.4 is 21.1 Å². The zero-order valence-electron chi connectivity index (χ0n) is 12.1. The van der Waals surface area contributed by atoms with E-state index >= 15 is 0 Å². The summed E-state index contributed by atoms with van der Waals surface area (Å²) in [6, 6.07) is 7.21. The fourth-order valence-electron chi connectivity index (χ4n) is 1.37. The van der Waals surface area contributed by atoms with E-state index in [9.17, 15) is 4.79 Å². The van der Waals surface area contributed by atoms with Gasteiger partial charge in [-0.2, -0.15) is 0 Å².